The summed E-state index contributed by atoms with van der Waals surface area (Å²) in [5.41, 5.74) is 4.08. The van der Waals surface area contributed by atoms with Crippen molar-refractivity contribution in [3.63, 3.8) is 0 Å². The molecule has 3 aliphatic rings. The van der Waals surface area contributed by atoms with E-state index in [0.717, 1.165) is 29.8 Å². The molecule has 6 nitrogen and oxygen atoms in total. The van der Waals surface area contributed by atoms with Crippen molar-refractivity contribution in [1.29, 1.82) is 5.26 Å². The fourth-order valence-electron chi connectivity index (χ4n) is 5.20. The van der Waals surface area contributed by atoms with Crippen LogP contribution in [0.2, 0.25) is 10.0 Å². The van der Waals surface area contributed by atoms with Gasteiger partial charge in [-0.05, 0) is 48.6 Å². The lowest BCUT2D eigenvalue weighted by Gasteiger charge is -2.32. The Labute approximate surface area is 210 Å². The summed E-state index contributed by atoms with van der Waals surface area (Å²) in [6.07, 6.45) is 7.00. The molecule has 1 aromatic carbocycles. The minimum atomic E-state index is -1.31. The number of nitriles is 1. The van der Waals surface area contributed by atoms with Crippen LogP contribution in [0, 0.1) is 29.1 Å². The normalized spacial score (nSPS) is 22.8. The van der Waals surface area contributed by atoms with E-state index in [1.54, 1.807) is 17.0 Å². The van der Waals surface area contributed by atoms with E-state index in [9.17, 15) is 20.3 Å². The molecule has 4 rings (SSSR count). The number of aliphatic hydroxyl groups is 2. The van der Waals surface area contributed by atoms with Crippen molar-refractivity contribution < 1.29 is 15.0 Å². The number of amides is 1. The molecule has 1 aromatic rings. The summed E-state index contributed by atoms with van der Waals surface area (Å²) in [6, 6.07) is 5.69. The van der Waals surface area contributed by atoms with E-state index in [1.165, 1.54) is 0 Å². The minimum absolute atomic E-state index is 0.0960. The molecule has 2 heterocycles. The molecule has 1 fully saturated rings. The predicted molar refractivity (Wildman–Crippen MR) is 132 cm³/mol. The second-order valence-corrected chi connectivity index (χ2v) is 10.2. The molecule has 2 unspecified atom stereocenters. The highest BCUT2D eigenvalue weighted by atomic mass is 35.5. The Kier molecular flexibility index (Phi) is 7.39. The number of likely N-dealkylation sites (N-methyl/N-ethyl adjacent to an activating group) is 1. The highest BCUT2D eigenvalue weighted by Crippen LogP contribution is 2.42. The van der Waals surface area contributed by atoms with Gasteiger partial charge in [0.15, 0.2) is 6.29 Å². The SMILES string of the molecule is CC1C(C#N)=CC=C2C1C=C(Cc1c(Cl)ccc(C(=O)N3CCC(CC(O)O)CC3)c1Cl)N2C. The molecular weight excluding hydrogens is 473 g/mol. The highest BCUT2D eigenvalue weighted by Gasteiger charge is 2.35. The number of halogens is 2. The van der Waals surface area contributed by atoms with Gasteiger partial charge in [0.1, 0.15) is 0 Å². The van der Waals surface area contributed by atoms with E-state index in [4.69, 9.17) is 23.2 Å². The lowest BCUT2D eigenvalue weighted by atomic mass is 9.82. The third-order valence-corrected chi connectivity index (χ3v) is 8.13. The van der Waals surface area contributed by atoms with Crippen molar-refractivity contribution in [3.8, 4) is 6.07 Å². The van der Waals surface area contributed by atoms with Crippen molar-refractivity contribution in [2.24, 2.45) is 17.8 Å². The van der Waals surface area contributed by atoms with Crippen molar-refractivity contribution in [3.05, 3.63) is 68.5 Å². The monoisotopic (exact) mass is 501 g/mol. The van der Waals surface area contributed by atoms with E-state index in [1.807, 2.05) is 19.2 Å². The van der Waals surface area contributed by atoms with Crippen molar-refractivity contribution in [2.45, 2.75) is 38.9 Å². The summed E-state index contributed by atoms with van der Waals surface area (Å²) in [4.78, 5) is 17.2. The van der Waals surface area contributed by atoms with Gasteiger partial charge in [0, 0.05) is 66.8 Å². The average molecular weight is 502 g/mol. The van der Waals surface area contributed by atoms with Crippen LogP contribution in [0.25, 0.3) is 0 Å². The number of hydrogen-bond donors (Lipinski definition) is 2. The Balaban J connectivity index is 1.52. The second kappa shape index (κ2) is 10.1. The van der Waals surface area contributed by atoms with Crippen molar-refractivity contribution >= 4 is 29.1 Å². The van der Waals surface area contributed by atoms with Crippen LogP contribution in [-0.2, 0) is 6.42 Å². The van der Waals surface area contributed by atoms with Crippen LogP contribution < -0.4 is 0 Å². The Bertz CT molecular complexity index is 1110. The fraction of sp³-hybridized carbons (Fsp3) is 0.462. The van der Waals surface area contributed by atoms with Gasteiger partial charge in [-0.2, -0.15) is 5.26 Å². The molecule has 0 radical (unpaired) electrons. The molecule has 34 heavy (non-hydrogen) atoms. The van der Waals surface area contributed by atoms with Crippen LogP contribution in [0.4, 0.5) is 0 Å². The maximum absolute atomic E-state index is 13.3. The van der Waals surface area contributed by atoms with Crippen molar-refractivity contribution in [1.82, 2.24) is 9.80 Å². The predicted octanol–water partition coefficient (Wildman–Crippen LogP) is 4.52. The number of benzene rings is 1. The summed E-state index contributed by atoms with van der Waals surface area (Å²) in [7, 11) is 2.00. The molecule has 1 aliphatic carbocycles. The first-order valence-corrected chi connectivity index (χ1v) is 12.4. The summed E-state index contributed by atoms with van der Waals surface area (Å²) >= 11 is 13.3. The van der Waals surface area contributed by atoms with Crippen LogP contribution in [0.15, 0.2) is 47.3 Å². The van der Waals surface area contributed by atoms with Gasteiger partial charge in [-0.25, -0.2) is 0 Å². The molecule has 2 aliphatic heterocycles. The van der Waals surface area contributed by atoms with Gasteiger partial charge in [-0.15, -0.1) is 0 Å². The molecule has 2 N–H and O–H groups in total. The number of hydrogen-bond acceptors (Lipinski definition) is 5. The summed E-state index contributed by atoms with van der Waals surface area (Å²) < 4.78 is 0. The van der Waals surface area contributed by atoms with E-state index < -0.39 is 6.29 Å². The third kappa shape index (κ3) is 4.76. The third-order valence-electron chi connectivity index (χ3n) is 7.34. The van der Waals surface area contributed by atoms with Crippen LogP contribution in [-0.4, -0.2) is 52.3 Å². The number of carbonyl (C=O) groups excluding carboxylic acids is 1. The Morgan fingerprint density at radius 2 is 1.94 bits per heavy atom. The van der Waals surface area contributed by atoms with Gasteiger partial charge in [0.05, 0.1) is 16.7 Å². The lowest BCUT2D eigenvalue weighted by molar-refractivity contribution is -0.0602. The number of nitrogens with zero attached hydrogens (tertiary/aromatic N) is 3. The summed E-state index contributed by atoms with van der Waals surface area (Å²) in [5.74, 6) is 0.286. The van der Waals surface area contributed by atoms with Crippen LogP contribution in [0.5, 0.6) is 0 Å². The zero-order chi connectivity index (χ0) is 24.6. The molecule has 2 atom stereocenters. The first-order chi connectivity index (χ1) is 16.2. The number of rotatable bonds is 5. The topological polar surface area (TPSA) is 87.8 Å². The van der Waals surface area contributed by atoms with Gasteiger partial charge >= 0.3 is 0 Å². The van der Waals surface area contributed by atoms with Gasteiger partial charge in [-0.1, -0.05) is 36.2 Å². The zero-order valence-corrected chi connectivity index (χ0v) is 20.9. The largest absolute Gasteiger partial charge is 0.368 e. The fourth-order valence-corrected chi connectivity index (χ4v) is 5.79. The van der Waals surface area contributed by atoms with Crippen molar-refractivity contribution in [2.75, 3.05) is 20.1 Å². The second-order valence-electron chi connectivity index (χ2n) is 9.37. The maximum atomic E-state index is 13.3. The molecule has 0 spiro atoms. The molecule has 1 amide bonds. The number of carbonyl (C=O) groups is 1. The molecule has 0 aromatic heterocycles. The number of piperidine rings is 1. The Hall–Kier alpha value is -2.30. The van der Waals surface area contributed by atoms with Crippen LogP contribution in [0.1, 0.15) is 42.1 Å². The van der Waals surface area contributed by atoms with E-state index >= 15 is 0 Å². The van der Waals surface area contributed by atoms with E-state index in [-0.39, 0.29) is 23.7 Å². The van der Waals surface area contributed by atoms with E-state index in [2.05, 4.69) is 24.0 Å². The van der Waals surface area contributed by atoms with E-state index in [0.29, 0.717) is 47.1 Å². The Morgan fingerprint density at radius 1 is 1.24 bits per heavy atom. The first kappa shape index (κ1) is 24.8. The molecular formula is C26H29Cl2N3O3. The summed E-state index contributed by atoms with van der Waals surface area (Å²) in [6.45, 7) is 3.17. The first-order valence-electron chi connectivity index (χ1n) is 11.6. The highest BCUT2D eigenvalue weighted by molar-refractivity contribution is 6.38. The smallest absolute Gasteiger partial charge is 0.255 e. The van der Waals surface area contributed by atoms with Gasteiger partial charge in [0.2, 0.25) is 0 Å². The standard InChI is InChI=1S/C26H29Cl2N3O3/c1-15-17(14-29)3-6-23-20(15)12-18(30(23)2)13-21-22(27)5-4-19(25(21)28)26(34)31-9-7-16(8-10-31)11-24(32)33/h3-6,12,15-16,20,24,32-33H,7-11,13H2,1-2H3. The minimum Gasteiger partial charge on any atom is -0.368 e. The van der Waals surface area contributed by atoms with Gasteiger partial charge in [-0.3, -0.25) is 4.79 Å². The number of aliphatic hydroxyl groups excluding tert-OH is 1. The molecule has 8 heteroatoms. The van der Waals surface area contributed by atoms with Crippen LogP contribution >= 0.6 is 23.2 Å². The average Bonchev–Trinajstić information content (AvgIpc) is 3.13. The molecule has 0 saturated carbocycles. The quantitative estimate of drug-likeness (QED) is 0.579. The molecule has 1 saturated heterocycles. The number of fused-ring (bicyclic) bond motifs is 1. The van der Waals surface area contributed by atoms with Gasteiger partial charge in [0.25, 0.3) is 5.91 Å². The lowest BCUT2D eigenvalue weighted by Crippen LogP contribution is -2.39. The summed E-state index contributed by atoms with van der Waals surface area (Å²) in [5, 5.41) is 28.7. The van der Waals surface area contributed by atoms with Gasteiger partial charge < -0.3 is 20.0 Å². The molecule has 0 bridgehead atoms. The zero-order valence-electron chi connectivity index (χ0n) is 19.3. The molecule has 180 valence electrons. The number of likely N-dealkylation sites (tertiary alicyclic amines) is 1. The maximum Gasteiger partial charge on any atom is 0.255 e. The Morgan fingerprint density at radius 3 is 2.59 bits per heavy atom. The van der Waals surface area contributed by atoms with Crippen LogP contribution in [0.3, 0.4) is 0 Å². The number of allylic oxidation sites excluding steroid dienone is 5.